The number of aliphatic imine (C=N–C) groups is 1. The van der Waals surface area contributed by atoms with E-state index in [-0.39, 0.29) is 41.9 Å². The second-order valence-electron chi connectivity index (χ2n) is 7.40. The Morgan fingerprint density at radius 1 is 1.34 bits per heavy atom. The quantitative estimate of drug-likeness (QED) is 0.316. The Balaban J connectivity index is 0.00000420. The van der Waals surface area contributed by atoms with Crippen molar-refractivity contribution in [2.24, 2.45) is 10.9 Å². The lowest BCUT2D eigenvalue weighted by Crippen LogP contribution is -2.50. The van der Waals surface area contributed by atoms with E-state index in [9.17, 15) is 4.79 Å². The Hall–Kier alpha value is -1.06. The molecule has 0 spiro atoms. The number of guanidine groups is 1. The fourth-order valence-corrected chi connectivity index (χ4v) is 3.52. The van der Waals surface area contributed by atoms with Crippen molar-refractivity contribution < 1.29 is 9.53 Å². The van der Waals surface area contributed by atoms with Crippen molar-refractivity contribution in [3.8, 4) is 0 Å². The lowest BCUT2D eigenvalue weighted by Gasteiger charge is -2.34. The molecule has 1 unspecified atom stereocenters. The van der Waals surface area contributed by atoms with E-state index in [0.717, 1.165) is 44.0 Å². The summed E-state index contributed by atoms with van der Waals surface area (Å²) in [6.07, 6.45) is 1.69. The Kier molecular flexibility index (Phi) is 11.9. The van der Waals surface area contributed by atoms with E-state index in [0.29, 0.717) is 17.6 Å². The van der Waals surface area contributed by atoms with E-state index in [1.807, 2.05) is 49.9 Å². The molecule has 6 nitrogen and oxygen atoms in total. The molecule has 1 saturated heterocycles. The number of hydrogen-bond acceptors (Lipinski definition) is 3. The van der Waals surface area contributed by atoms with E-state index < -0.39 is 0 Å². The molecule has 8 heteroatoms. The first-order valence-corrected chi connectivity index (χ1v) is 10.4. The van der Waals surface area contributed by atoms with Gasteiger partial charge in [-0.15, -0.1) is 24.0 Å². The van der Waals surface area contributed by atoms with Crippen LogP contribution < -0.4 is 10.6 Å². The molecule has 0 aromatic heterocycles. The summed E-state index contributed by atoms with van der Waals surface area (Å²) in [6, 6.07) is 7.98. The van der Waals surface area contributed by atoms with Crippen LogP contribution in [0.15, 0.2) is 29.3 Å². The standard InChI is InChI=1S/C21H33ClN4O2.HI/c1-5-23-21(24-14-19(28-4)16-7-6-8-17(22)13-16)25-18-9-11-26(12-10-18)20(27)15(2)3;/h6-8,13,15,18-19H,5,9-12,14H2,1-4H3,(H2,23,24,25);1H. The number of likely N-dealkylation sites (tertiary alicyclic amines) is 1. The van der Waals surface area contributed by atoms with E-state index in [1.165, 1.54) is 0 Å². The molecule has 2 rings (SSSR count). The highest BCUT2D eigenvalue weighted by atomic mass is 127. The molecule has 1 aromatic rings. The van der Waals surface area contributed by atoms with Gasteiger partial charge in [0.2, 0.25) is 5.91 Å². The van der Waals surface area contributed by atoms with Gasteiger partial charge in [0, 0.05) is 43.7 Å². The fraction of sp³-hybridized carbons (Fsp3) is 0.619. The SMILES string of the molecule is CCNC(=NCC(OC)c1cccc(Cl)c1)NC1CCN(C(=O)C(C)C)CC1.I. The van der Waals surface area contributed by atoms with Crippen molar-refractivity contribution >= 4 is 47.4 Å². The van der Waals surface area contributed by atoms with Crippen LogP contribution in [0.2, 0.25) is 5.02 Å². The summed E-state index contributed by atoms with van der Waals surface area (Å²) in [4.78, 5) is 18.8. The monoisotopic (exact) mass is 536 g/mol. The highest BCUT2D eigenvalue weighted by Gasteiger charge is 2.24. The van der Waals surface area contributed by atoms with E-state index >= 15 is 0 Å². The first kappa shape index (κ1) is 26.0. The van der Waals surface area contributed by atoms with Crippen LogP contribution in [0, 0.1) is 5.92 Å². The van der Waals surface area contributed by atoms with Gasteiger partial charge in [-0.25, -0.2) is 0 Å². The van der Waals surface area contributed by atoms with Gasteiger partial charge in [0.25, 0.3) is 0 Å². The Labute approximate surface area is 196 Å². The summed E-state index contributed by atoms with van der Waals surface area (Å²) in [5.74, 6) is 1.07. The number of nitrogens with zero attached hydrogens (tertiary/aromatic N) is 2. The van der Waals surface area contributed by atoms with Crippen LogP contribution in [0.1, 0.15) is 45.3 Å². The van der Waals surface area contributed by atoms with E-state index in [4.69, 9.17) is 21.3 Å². The normalized spacial score (nSPS) is 16.3. The van der Waals surface area contributed by atoms with Crippen molar-refractivity contribution in [2.45, 2.75) is 45.8 Å². The van der Waals surface area contributed by atoms with Gasteiger partial charge in [-0.1, -0.05) is 37.6 Å². The molecule has 164 valence electrons. The van der Waals surface area contributed by atoms with Crippen LogP contribution in [0.5, 0.6) is 0 Å². The molecule has 29 heavy (non-hydrogen) atoms. The molecule has 1 aliphatic rings. The predicted octanol–water partition coefficient (Wildman–Crippen LogP) is 3.85. The minimum absolute atomic E-state index is 0. The molecule has 1 aliphatic heterocycles. The maximum atomic E-state index is 12.1. The van der Waals surface area contributed by atoms with E-state index in [1.54, 1.807) is 7.11 Å². The minimum Gasteiger partial charge on any atom is -0.375 e. The number of hydrogen-bond donors (Lipinski definition) is 2. The van der Waals surface area contributed by atoms with Gasteiger partial charge in [-0.05, 0) is 37.5 Å². The lowest BCUT2D eigenvalue weighted by atomic mass is 10.0. The minimum atomic E-state index is -0.153. The number of piperidine rings is 1. The number of ether oxygens (including phenoxy) is 1. The summed E-state index contributed by atoms with van der Waals surface area (Å²) in [5, 5.41) is 7.50. The van der Waals surface area contributed by atoms with Crippen LogP contribution in [-0.2, 0) is 9.53 Å². The van der Waals surface area contributed by atoms with Gasteiger partial charge in [0.15, 0.2) is 5.96 Å². The van der Waals surface area contributed by atoms with Crippen molar-refractivity contribution in [1.82, 2.24) is 15.5 Å². The summed E-state index contributed by atoms with van der Waals surface area (Å²) >= 11 is 6.10. The zero-order valence-corrected chi connectivity index (χ0v) is 20.9. The molecule has 1 heterocycles. The molecule has 0 saturated carbocycles. The third-order valence-electron chi connectivity index (χ3n) is 4.91. The zero-order valence-electron chi connectivity index (χ0n) is 17.8. The molecular formula is C21H34ClIN4O2. The molecule has 2 N–H and O–H groups in total. The maximum Gasteiger partial charge on any atom is 0.225 e. The van der Waals surface area contributed by atoms with Crippen molar-refractivity contribution in [2.75, 3.05) is 33.3 Å². The van der Waals surface area contributed by atoms with Gasteiger partial charge < -0.3 is 20.3 Å². The Bertz CT molecular complexity index is 664. The van der Waals surface area contributed by atoms with Gasteiger partial charge in [-0.2, -0.15) is 0 Å². The van der Waals surface area contributed by atoms with Crippen molar-refractivity contribution in [3.63, 3.8) is 0 Å². The van der Waals surface area contributed by atoms with Gasteiger partial charge in [0.05, 0.1) is 6.54 Å². The second kappa shape index (κ2) is 13.3. The van der Waals surface area contributed by atoms with Crippen molar-refractivity contribution in [1.29, 1.82) is 0 Å². The zero-order chi connectivity index (χ0) is 20.5. The predicted molar refractivity (Wildman–Crippen MR) is 130 cm³/mol. The molecule has 0 bridgehead atoms. The number of amides is 1. The number of rotatable bonds is 7. The third kappa shape index (κ3) is 8.30. The van der Waals surface area contributed by atoms with Crippen LogP contribution >= 0.6 is 35.6 Å². The summed E-state index contributed by atoms with van der Waals surface area (Å²) in [6.45, 7) is 8.81. The molecule has 1 atom stereocenters. The van der Waals surface area contributed by atoms with Crippen LogP contribution in [-0.4, -0.2) is 56.1 Å². The molecule has 0 aliphatic carbocycles. The first-order valence-electron chi connectivity index (χ1n) is 10.1. The fourth-order valence-electron chi connectivity index (χ4n) is 3.32. The molecule has 1 aromatic carbocycles. The number of halogens is 2. The number of methoxy groups -OCH3 is 1. The maximum absolute atomic E-state index is 12.1. The number of carbonyl (C=O) groups excluding carboxylic acids is 1. The number of nitrogens with one attached hydrogen (secondary N) is 2. The van der Waals surface area contributed by atoms with Gasteiger partial charge in [0.1, 0.15) is 6.10 Å². The highest BCUT2D eigenvalue weighted by molar-refractivity contribution is 14.0. The first-order chi connectivity index (χ1) is 13.4. The lowest BCUT2D eigenvalue weighted by molar-refractivity contribution is -0.135. The second-order valence-corrected chi connectivity index (χ2v) is 7.83. The number of benzene rings is 1. The molecule has 1 fully saturated rings. The molecule has 1 amide bonds. The molecular weight excluding hydrogens is 503 g/mol. The van der Waals surface area contributed by atoms with Crippen LogP contribution in [0.3, 0.4) is 0 Å². The summed E-state index contributed by atoms with van der Waals surface area (Å²) in [5.41, 5.74) is 1.01. The summed E-state index contributed by atoms with van der Waals surface area (Å²) < 4.78 is 5.61. The van der Waals surface area contributed by atoms with Crippen LogP contribution in [0.4, 0.5) is 0 Å². The van der Waals surface area contributed by atoms with Gasteiger partial charge >= 0.3 is 0 Å². The van der Waals surface area contributed by atoms with Crippen molar-refractivity contribution in [3.05, 3.63) is 34.9 Å². The topological polar surface area (TPSA) is 66.0 Å². The average molecular weight is 537 g/mol. The molecule has 0 radical (unpaired) electrons. The number of carbonyl (C=O) groups is 1. The Morgan fingerprint density at radius 3 is 2.59 bits per heavy atom. The van der Waals surface area contributed by atoms with Gasteiger partial charge in [-0.3, -0.25) is 9.79 Å². The van der Waals surface area contributed by atoms with Crippen LogP contribution in [0.25, 0.3) is 0 Å². The average Bonchev–Trinajstić information content (AvgIpc) is 2.68. The van der Waals surface area contributed by atoms with E-state index in [2.05, 4.69) is 10.6 Å². The summed E-state index contributed by atoms with van der Waals surface area (Å²) in [7, 11) is 1.68. The Morgan fingerprint density at radius 2 is 2.03 bits per heavy atom. The third-order valence-corrected chi connectivity index (χ3v) is 5.14. The largest absolute Gasteiger partial charge is 0.375 e. The smallest absolute Gasteiger partial charge is 0.225 e. The highest BCUT2D eigenvalue weighted by Crippen LogP contribution is 2.20.